The molecule has 0 saturated heterocycles. The lowest BCUT2D eigenvalue weighted by Gasteiger charge is -2.14. The van der Waals surface area contributed by atoms with Crippen LogP contribution < -0.4 is 0 Å². The Kier molecular flexibility index (Phi) is 6.00. The van der Waals surface area contributed by atoms with Crippen LogP contribution in [0.15, 0.2) is 12.3 Å². The predicted molar refractivity (Wildman–Crippen MR) is 51.6 cm³/mol. The second-order valence-electron chi connectivity index (χ2n) is 3.27. The van der Waals surface area contributed by atoms with E-state index in [1.54, 1.807) is 0 Å². The fourth-order valence-corrected chi connectivity index (χ4v) is 0.979. The quantitative estimate of drug-likeness (QED) is 0.533. The highest BCUT2D eigenvalue weighted by atomic mass is 15.1. The Hall–Kier alpha value is -0.460. The largest absolute Gasteiger partial charge is 0.381 e. The molecule has 0 unspecified atom stereocenters. The summed E-state index contributed by atoms with van der Waals surface area (Å²) in [6, 6.07) is 0. The van der Waals surface area contributed by atoms with Gasteiger partial charge in [0.05, 0.1) is 0 Å². The maximum absolute atomic E-state index is 3.98. The second kappa shape index (κ2) is 6.26. The molecule has 1 heteroatoms. The average molecular weight is 155 g/mol. The highest BCUT2D eigenvalue weighted by molar-refractivity contribution is 4.89. The summed E-state index contributed by atoms with van der Waals surface area (Å²) in [5, 5.41) is 0. The molecule has 0 fully saturated rings. The first-order chi connectivity index (χ1) is 5.18. The van der Waals surface area contributed by atoms with Gasteiger partial charge in [0, 0.05) is 19.8 Å². The van der Waals surface area contributed by atoms with Crippen molar-refractivity contribution in [2.45, 2.75) is 39.0 Å². The molecule has 0 saturated carbocycles. The molecule has 0 aliphatic rings. The van der Waals surface area contributed by atoms with Gasteiger partial charge in [-0.2, -0.15) is 0 Å². The van der Waals surface area contributed by atoms with Crippen LogP contribution in [0.5, 0.6) is 0 Å². The van der Waals surface area contributed by atoms with Gasteiger partial charge < -0.3 is 4.90 Å². The molecule has 0 aromatic heterocycles. The van der Waals surface area contributed by atoms with Crippen LogP contribution in [0.4, 0.5) is 0 Å². The molecule has 0 radical (unpaired) electrons. The SMILES string of the molecule is C=C(CCCCCC)N(C)C. The normalized spacial score (nSPS) is 9.73. The van der Waals surface area contributed by atoms with E-state index in [0.29, 0.717) is 0 Å². The summed E-state index contributed by atoms with van der Waals surface area (Å²) in [5.74, 6) is 0. The lowest BCUT2D eigenvalue weighted by molar-refractivity contribution is 0.477. The third-order valence-electron chi connectivity index (χ3n) is 1.95. The van der Waals surface area contributed by atoms with E-state index in [0.717, 1.165) is 6.42 Å². The van der Waals surface area contributed by atoms with Crippen molar-refractivity contribution >= 4 is 0 Å². The fourth-order valence-electron chi connectivity index (χ4n) is 0.979. The molecule has 0 aromatic rings. The second-order valence-corrected chi connectivity index (χ2v) is 3.27. The van der Waals surface area contributed by atoms with Crippen molar-refractivity contribution in [2.24, 2.45) is 0 Å². The van der Waals surface area contributed by atoms with Gasteiger partial charge in [0.15, 0.2) is 0 Å². The molecule has 0 aromatic carbocycles. The summed E-state index contributed by atoms with van der Waals surface area (Å²) < 4.78 is 0. The van der Waals surface area contributed by atoms with E-state index in [1.165, 1.54) is 31.4 Å². The molecular formula is C10H21N. The Balaban J connectivity index is 3.18. The molecule has 0 spiro atoms. The van der Waals surface area contributed by atoms with Crippen molar-refractivity contribution in [2.75, 3.05) is 14.1 Å². The van der Waals surface area contributed by atoms with Crippen LogP contribution in [-0.4, -0.2) is 19.0 Å². The number of allylic oxidation sites excluding steroid dienone is 1. The van der Waals surface area contributed by atoms with E-state index in [9.17, 15) is 0 Å². The zero-order valence-electron chi connectivity index (χ0n) is 8.19. The van der Waals surface area contributed by atoms with Crippen molar-refractivity contribution in [1.82, 2.24) is 4.90 Å². The van der Waals surface area contributed by atoms with Gasteiger partial charge in [-0.05, 0) is 12.8 Å². The first-order valence-electron chi connectivity index (χ1n) is 4.53. The van der Waals surface area contributed by atoms with Gasteiger partial charge >= 0.3 is 0 Å². The van der Waals surface area contributed by atoms with Crippen molar-refractivity contribution in [1.29, 1.82) is 0 Å². The number of nitrogens with zero attached hydrogens (tertiary/aromatic N) is 1. The highest BCUT2D eigenvalue weighted by Gasteiger charge is 1.94. The van der Waals surface area contributed by atoms with Crippen LogP contribution >= 0.6 is 0 Å². The Morgan fingerprint density at radius 2 is 1.82 bits per heavy atom. The van der Waals surface area contributed by atoms with Gasteiger partial charge in [0.1, 0.15) is 0 Å². The van der Waals surface area contributed by atoms with E-state index in [2.05, 4.69) is 32.5 Å². The molecule has 0 rings (SSSR count). The highest BCUT2D eigenvalue weighted by Crippen LogP contribution is 2.09. The van der Waals surface area contributed by atoms with Crippen molar-refractivity contribution in [3.8, 4) is 0 Å². The third kappa shape index (κ3) is 5.96. The van der Waals surface area contributed by atoms with E-state index < -0.39 is 0 Å². The number of hydrogen-bond acceptors (Lipinski definition) is 1. The fraction of sp³-hybridized carbons (Fsp3) is 0.800. The zero-order valence-corrected chi connectivity index (χ0v) is 8.19. The van der Waals surface area contributed by atoms with Crippen LogP contribution in [0.2, 0.25) is 0 Å². The van der Waals surface area contributed by atoms with Crippen molar-refractivity contribution < 1.29 is 0 Å². The molecule has 66 valence electrons. The van der Waals surface area contributed by atoms with Crippen molar-refractivity contribution in [3.05, 3.63) is 12.3 Å². The van der Waals surface area contributed by atoms with Gasteiger partial charge in [-0.15, -0.1) is 0 Å². The maximum Gasteiger partial charge on any atom is 0.00579 e. The molecular weight excluding hydrogens is 134 g/mol. The van der Waals surface area contributed by atoms with Crippen LogP contribution in [0.25, 0.3) is 0 Å². The third-order valence-corrected chi connectivity index (χ3v) is 1.95. The summed E-state index contributed by atoms with van der Waals surface area (Å²) in [5.41, 5.74) is 1.25. The Labute approximate surface area is 71.1 Å². The summed E-state index contributed by atoms with van der Waals surface area (Å²) in [4.78, 5) is 2.10. The summed E-state index contributed by atoms with van der Waals surface area (Å²) in [6.45, 7) is 6.21. The number of hydrogen-bond donors (Lipinski definition) is 0. The van der Waals surface area contributed by atoms with Gasteiger partial charge in [0.2, 0.25) is 0 Å². The van der Waals surface area contributed by atoms with Crippen LogP contribution in [0.3, 0.4) is 0 Å². The van der Waals surface area contributed by atoms with Gasteiger partial charge in [-0.25, -0.2) is 0 Å². The number of rotatable bonds is 6. The van der Waals surface area contributed by atoms with Gasteiger partial charge in [0.25, 0.3) is 0 Å². The molecule has 0 bridgehead atoms. The lowest BCUT2D eigenvalue weighted by atomic mass is 10.1. The van der Waals surface area contributed by atoms with E-state index in [1.807, 2.05) is 0 Å². The van der Waals surface area contributed by atoms with E-state index in [-0.39, 0.29) is 0 Å². The van der Waals surface area contributed by atoms with E-state index in [4.69, 9.17) is 0 Å². The van der Waals surface area contributed by atoms with E-state index >= 15 is 0 Å². The molecule has 0 atom stereocenters. The monoisotopic (exact) mass is 155 g/mol. The zero-order chi connectivity index (χ0) is 8.69. The van der Waals surface area contributed by atoms with Gasteiger partial charge in [-0.1, -0.05) is 32.8 Å². The first-order valence-corrected chi connectivity index (χ1v) is 4.53. The summed E-state index contributed by atoms with van der Waals surface area (Å²) in [7, 11) is 4.12. The summed E-state index contributed by atoms with van der Waals surface area (Å²) >= 11 is 0. The van der Waals surface area contributed by atoms with Crippen molar-refractivity contribution in [3.63, 3.8) is 0 Å². The molecule has 0 N–H and O–H groups in total. The molecule has 0 heterocycles. The minimum Gasteiger partial charge on any atom is -0.381 e. The standard InChI is InChI=1S/C10H21N/c1-5-6-7-8-9-10(2)11(3)4/h2,5-9H2,1,3-4H3. The summed E-state index contributed by atoms with van der Waals surface area (Å²) in [6.07, 6.45) is 6.48. The maximum atomic E-state index is 3.98. The smallest absolute Gasteiger partial charge is 0.00579 e. The van der Waals surface area contributed by atoms with Crippen LogP contribution in [0, 0.1) is 0 Å². The molecule has 0 aliphatic heterocycles. The molecule has 0 amide bonds. The lowest BCUT2D eigenvalue weighted by Crippen LogP contribution is -2.09. The molecule has 1 nitrogen and oxygen atoms in total. The van der Waals surface area contributed by atoms with Crippen LogP contribution in [-0.2, 0) is 0 Å². The van der Waals surface area contributed by atoms with Gasteiger partial charge in [-0.3, -0.25) is 0 Å². The van der Waals surface area contributed by atoms with Crippen LogP contribution in [0.1, 0.15) is 39.0 Å². The topological polar surface area (TPSA) is 3.24 Å². The molecule has 11 heavy (non-hydrogen) atoms. The Bertz CT molecular complexity index is 105. The Morgan fingerprint density at radius 3 is 2.27 bits per heavy atom. The Morgan fingerprint density at radius 1 is 1.18 bits per heavy atom. The minimum absolute atomic E-state index is 1.16. The predicted octanol–water partition coefficient (Wildman–Crippen LogP) is 3.03. The molecule has 0 aliphatic carbocycles. The number of unbranched alkanes of at least 4 members (excludes halogenated alkanes) is 3. The average Bonchev–Trinajstić information content (AvgIpc) is 1.97. The first kappa shape index (κ1) is 10.5. The minimum atomic E-state index is 1.16.